The molecule has 25 heavy (non-hydrogen) atoms. The fourth-order valence-electron chi connectivity index (χ4n) is 4.40. The summed E-state index contributed by atoms with van der Waals surface area (Å²) in [6.45, 7) is 2.72. The minimum atomic E-state index is 0.0924. The molecule has 0 bridgehead atoms. The molecule has 0 atom stereocenters. The monoisotopic (exact) mass is 331 g/mol. The van der Waals surface area contributed by atoms with Crippen LogP contribution in [0.4, 0.5) is 5.69 Å². The Bertz CT molecular complexity index is 866. The second kappa shape index (κ2) is 5.76. The first-order valence-electron chi connectivity index (χ1n) is 9.17. The van der Waals surface area contributed by atoms with E-state index < -0.39 is 0 Å². The molecule has 3 nitrogen and oxygen atoms in total. The number of carbonyl (C=O) groups is 1. The summed E-state index contributed by atoms with van der Waals surface area (Å²) < 4.78 is 5.78. The van der Waals surface area contributed by atoms with Crippen molar-refractivity contribution in [3.63, 3.8) is 0 Å². The van der Waals surface area contributed by atoms with Crippen molar-refractivity contribution in [2.24, 2.45) is 0 Å². The number of benzene rings is 2. The zero-order valence-electron chi connectivity index (χ0n) is 14.3. The van der Waals surface area contributed by atoms with E-state index in [-0.39, 0.29) is 5.78 Å². The predicted molar refractivity (Wildman–Crippen MR) is 99.5 cm³/mol. The number of para-hydroxylation sites is 1. The van der Waals surface area contributed by atoms with Crippen LogP contribution in [0.5, 0.6) is 5.75 Å². The second-order valence-corrected chi connectivity index (χ2v) is 7.17. The Balaban J connectivity index is 1.55. The molecule has 0 saturated heterocycles. The largest absolute Gasteiger partial charge is 0.488 e. The molecule has 3 aliphatic heterocycles. The van der Waals surface area contributed by atoms with Crippen LogP contribution in [0.25, 0.3) is 6.08 Å². The Morgan fingerprint density at radius 3 is 2.48 bits per heavy atom. The van der Waals surface area contributed by atoms with Gasteiger partial charge in [-0.05, 0) is 72.7 Å². The van der Waals surface area contributed by atoms with Gasteiger partial charge in [-0.3, -0.25) is 4.79 Å². The molecule has 5 rings (SSSR count). The SMILES string of the molecule is O=C1/C(=C/c2cc3c4c(c2)CCCN4CCC3)COc2ccccc21. The molecular weight excluding hydrogens is 310 g/mol. The molecule has 0 N–H and O–H groups in total. The van der Waals surface area contributed by atoms with E-state index in [1.165, 1.54) is 42.7 Å². The van der Waals surface area contributed by atoms with E-state index >= 15 is 0 Å². The number of hydrogen-bond donors (Lipinski definition) is 0. The number of hydrogen-bond acceptors (Lipinski definition) is 3. The van der Waals surface area contributed by atoms with Gasteiger partial charge in [-0.2, -0.15) is 0 Å². The van der Waals surface area contributed by atoms with E-state index in [0.29, 0.717) is 17.9 Å². The molecule has 0 saturated carbocycles. The van der Waals surface area contributed by atoms with E-state index in [2.05, 4.69) is 17.0 Å². The molecule has 0 unspecified atom stereocenters. The quantitative estimate of drug-likeness (QED) is 0.739. The van der Waals surface area contributed by atoms with Crippen molar-refractivity contribution in [2.45, 2.75) is 25.7 Å². The molecule has 0 amide bonds. The Kier molecular flexibility index (Phi) is 3.40. The fourth-order valence-corrected chi connectivity index (χ4v) is 4.40. The van der Waals surface area contributed by atoms with Crippen molar-refractivity contribution < 1.29 is 9.53 Å². The highest BCUT2D eigenvalue weighted by molar-refractivity contribution is 6.14. The van der Waals surface area contributed by atoms with E-state index in [0.717, 1.165) is 24.0 Å². The van der Waals surface area contributed by atoms with Crippen LogP contribution in [0.15, 0.2) is 42.0 Å². The molecule has 0 aromatic heterocycles. The first-order chi connectivity index (χ1) is 12.3. The average molecular weight is 331 g/mol. The standard InChI is InChI=1S/C22H21NO2/c24-22-18(14-25-20-8-2-1-7-19(20)22)13-15-11-16-5-3-9-23-10-4-6-17(12-15)21(16)23/h1-2,7-8,11-13H,3-6,9-10,14H2/b18-13+. The number of rotatable bonds is 1. The first kappa shape index (κ1) is 14.8. The third-order valence-corrected chi connectivity index (χ3v) is 5.50. The molecule has 0 aliphatic carbocycles. The molecule has 0 fully saturated rings. The highest BCUT2D eigenvalue weighted by Gasteiger charge is 2.25. The lowest BCUT2D eigenvalue weighted by Crippen LogP contribution is -2.34. The van der Waals surface area contributed by atoms with Gasteiger partial charge in [0.2, 0.25) is 0 Å². The van der Waals surface area contributed by atoms with Crippen LogP contribution in [0.2, 0.25) is 0 Å². The summed E-state index contributed by atoms with van der Waals surface area (Å²) >= 11 is 0. The van der Waals surface area contributed by atoms with E-state index in [4.69, 9.17) is 4.74 Å². The maximum absolute atomic E-state index is 12.8. The van der Waals surface area contributed by atoms with Crippen LogP contribution in [0, 0.1) is 0 Å². The van der Waals surface area contributed by atoms with Gasteiger partial charge in [-0.15, -0.1) is 0 Å². The number of nitrogens with zero attached hydrogens (tertiary/aromatic N) is 1. The summed E-state index contributed by atoms with van der Waals surface area (Å²) in [5, 5.41) is 0. The number of fused-ring (bicyclic) bond motifs is 1. The van der Waals surface area contributed by atoms with Gasteiger partial charge < -0.3 is 9.64 Å². The van der Waals surface area contributed by atoms with Crippen LogP contribution < -0.4 is 9.64 Å². The van der Waals surface area contributed by atoms with Crippen LogP contribution in [-0.2, 0) is 12.8 Å². The van der Waals surface area contributed by atoms with Crippen LogP contribution in [0.1, 0.15) is 39.9 Å². The van der Waals surface area contributed by atoms with E-state index in [1.807, 2.05) is 30.3 Å². The topological polar surface area (TPSA) is 29.5 Å². The lowest BCUT2D eigenvalue weighted by Gasteiger charge is -2.37. The summed E-state index contributed by atoms with van der Waals surface area (Å²) in [7, 11) is 0. The highest BCUT2D eigenvalue weighted by atomic mass is 16.5. The number of ketones is 1. The molecule has 126 valence electrons. The molecule has 0 spiro atoms. The van der Waals surface area contributed by atoms with Crippen molar-refractivity contribution in [3.8, 4) is 5.75 Å². The second-order valence-electron chi connectivity index (χ2n) is 7.17. The number of anilines is 1. The normalized spacial score (nSPS) is 20.1. The van der Waals surface area contributed by atoms with Gasteiger partial charge in [-0.25, -0.2) is 0 Å². The van der Waals surface area contributed by atoms with Crippen molar-refractivity contribution in [1.82, 2.24) is 0 Å². The van der Waals surface area contributed by atoms with Crippen LogP contribution in [0.3, 0.4) is 0 Å². The summed E-state index contributed by atoms with van der Waals surface area (Å²) in [6.07, 6.45) is 6.76. The van der Waals surface area contributed by atoms with Crippen LogP contribution >= 0.6 is 0 Å². The van der Waals surface area contributed by atoms with Crippen molar-refractivity contribution in [2.75, 3.05) is 24.6 Å². The molecule has 2 aromatic rings. The van der Waals surface area contributed by atoms with Gasteiger partial charge in [0.15, 0.2) is 5.78 Å². The Hall–Kier alpha value is -2.55. The van der Waals surface area contributed by atoms with Crippen molar-refractivity contribution >= 4 is 17.5 Å². The Morgan fingerprint density at radius 1 is 1.00 bits per heavy atom. The Labute approximate surface area is 147 Å². The van der Waals surface area contributed by atoms with Crippen molar-refractivity contribution in [1.29, 1.82) is 0 Å². The van der Waals surface area contributed by atoms with Gasteiger partial charge >= 0.3 is 0 Å². The maximum Gasteiger partial charge on any atom is 0.196 e. The minimum absolute atomic E-state index is 0.0924. The number of Topliss-reactive ketones (excluding diaryl/α,β-unsaturated/α-hetero) is 1. The van der Waals surface area contributed by atoms with Gasteiger partial charge in [0.1, 0.15) is 12.4 Å². The lowest BCUT2D eigenvalue weighted by molar-refractivity contribution is 0.100. The number of aryl methyl sites for hydroxylation is 2. The van der Waals surface area contributed by atoms with E-state index in [9.17, 15) is 4.79 Å². The predicted octanol–water partition coefficient (Wildman–Crippen LogP) is 4.04. The van der Waals surface area contributed by atoms with Gasteiger partial charge in [0.05, 0.1) is 5.56 Å². The zero-order valence-corrected chi connectivity index (χ0v) is 14.3. The fraction of sp³-hybridized carbons (Fsp3) is 0.318. The summed E-state index contributed by atoms with van der Waals surface area (Å²) in [5.41, 5.74) is 6.92. The third-order valence-electron chi connectivity index (χ3n) is 5.50. The molecule has 3 heterocycles. The average Bonchev–Trinajstić information content (AvgIpc) is 2.65. The lowest BCUT2D eigenvalue weighted by atomic mass is 9.89. The van der Waals surface area contributed by atoms with Gasteiger partial charge in [0, 0.05) is 24.4 Å². The van der Waals surface area contributed by atoms with E-state index in [1.54, 1.807) is 0 Å². The molecule has 3 heteroatoms. The molecular formula is C22H21NO2. The molecule has 0 radical (unpaired) electrons. The minimum Gasteiger partial charge on any atom is -0.488 e. The van der Waals surface area contributed by atoms with Gasteiger partial charge in [0.25, 0.3) is 0 Å². The number of carbonyl (C=O) groups excluding carboxylic acids is 1. The molecule has 2 aromatic carbocycles. The van der Waals surface area contributed by atoms with Crippen LogP contribution in [-0.4, -0.2) is 25.5 Å². The van der Waals surface area contributed by atoms with Crippen molar-refractivity contribution in [3.05, 3.63) is 64.2 Å². The zero-order chi connectivity index (χ0) is 16.8. The highest BCUT2D eigenvalue weighted by Crippen LogP contribution is 2.37. The number of ether oxygens (including phenoxy) is 1. The maximum atomic E-state index is 12.8. The summed E-state index contributed by atoms with van der Waals surface area (Å²) in [5.74, 6) is 0.788. The third kappa shape index (κ3) is 2.46. The smallest absolute Gasteiger partial charge is 0.196 e. The van der Waals surface area contributed by atoms with Gasteiger partial charge in [-0.1, -0.05) is 12.1 Å². The molecule has 3 aliphatic rings. The summed E-state index contributed by atoms with van der Waals surface area (Å²) in [4.78, 5) is 15.3. The Morgan fingerprint density at radius 2 is 1.72 bits per heavy atom. The summed E-state index contributed by atoms with van der Waals surface area (Å²) in [6, 6.07) is 12.1. The first-order valence-corrected chi connectivity index (χ1v) is 9.17.